The molecule has 184 valence electrons. The van der Waals surface area contributed by atoms with Crippen molar-refractivity contribution in [2.45, 2.75) is 44.5 Å². The van der Waals surface area contributed by atoms with E-state index in [1.807, 2.05) is 41.8 Å². The molecular weight excluding hydrogens is 495 g/mol. The molecule has 3 aromatic rings. The van der Waals surface area contributed by atoms with Crippen molar-refractivity contribution in [3.8, 4) is 0 Å². The predicted molar refractivity (Wildman–Crippen MR) is 132 cm³/mol. The van der Waals surface area contributed by atoms with Gasteiger partial charge < -0.3 is 4.90 Å². The molecule has 1 saturated heterocycles. The van der Waals surface area contributed by atoms with Gasteiger partial charge in [-0.1, -0.05) is 42.5 Å². The zero-order valence-electron chi connectivity index (χ0n) is 19.0. The van der Waals surface area contributed by atoms with E-state index in [0.29, 0.717) is 16.6 Å². The standard InChI is InChI=1S/C24H24F3N5OS2/c1-15-11-21(24(25,26)27)29-32(15)13-22(34)31-9-7-17(8-10-31)23-28-19(14-35-23)18-12-20(33-30-18)16-5-3-2-4-6-16/h2-6,11-12,14,17,20,30H,7-10,13H2,1H3. The largest absolute Gasteiger partial charge is 0.435 e. The maximum absolute atomic E-state index is 12.9. The lowest BCUT2D eigenvalue weighted by Gasteiger charge is -2.33. The van der Waals surface area contributed by atoms with Gasteiger partial charge in [0.05, 0.1) is 27.9 Å². The van der Waals surface area contributed by atoms with E-state index in [4.69, 9.17) is 22.0 Å². The van der Waals surface area contributed by atoms with Crippen LogP contribution in [0.4, 0.5) is 13.2 Å². The Morgan fingerprint density at radius 1 is 1.23 bits per heavy atom. The van der Waals surface area contributed by atoms with Crippen molar-refractivity contribution in [3.05, 3.63) is 75.5 Å². The third-order valence-corrected chi connectivity index (χ3v) is 7.69. The maximum Gasteiger partial charge on any atom is 0.435 e. The summed E-state index contributed by atoms with van der Waals surface area (Å²) in [5, 5.41) is 6.81. The Hall–Kier alpha value is -2.76. The number of nitrogens with one attached hydrogen (secondary N) is 1. The quantitative estimate of drug-likeness (QED) is 0.450. The van der Waals surface area contributed by atoms with Crippen molar-refractivity contribution in [1.82, 2.24) is 25.1 Å². The summed E-state index contributed by atoms with van der Waals surface area (Å²) in [6.45, 7) is 3.26. The number of halogens is 3. The SMILES string of the molecule is Cc1cc(C(F)(F)F)nn1CC(=S)N1CCC(c2nc(C3=CC(c4ccccc4)ON3)cs2)CC1. The van der Waals surface area contributed by atoms with Gasteiger partial charge in [0.1, 0.15) is 6.10 Å². The number of aromatic nitrogens is 3. The van der Waals surface area contributed by atoms with Crippen molar-refractivity contribution in [2.75, 3.05) is 13.1 Å². The second kappa shape index (κ2) is 9.71. The fourth-order valence-electron chi connectivity index (χ4n) is 4.30. The molecule has 1 aromatic carbocycles. The van der Waals surface area contributed by atoms with Crippen LogP contribution in [0.25, 0.3) is 5.70 Å². The Bertz CT molecular complexity index is 1230. The van der Waals surface area contributed by atoms with Crippen LogP contribution in [0.3, 0.4) is 0 Å². The van der Waals surface area contributed by atoms with Crippen molar-refractivity contribution >= 4 is 34.2 Å². The lowest BCUT2D eigenvalue weighted by atomic mass is 9.97. The molecule has 11 heteroatoms. The van der Waals surface area contributed by atoms with Crippen molar-refractivity contribution in [2.24, 2.45) is 0 Å². The highest BCUT2D eigenvalue weighted by Crippen LogP contribution is 2.34. The van der Waals surface area contributed by atoms with Crippen LogP contribution in [0.15, 0.2) is 47.9 Å². The molecule has 1 fully saturated rings. The van der Waals surface area contributed by atoms with Crippen LogP contribution in [0.2, 0.25) is 0 Å². The van der Waals surface area contributed by atoms with Crippen molar-refractivity contribution in [1.29, 1.82) is 0 Å². The second-order valence-electron chi connectivity index (χ2n) is 8.68. The summed E-state index contributed by atoms with van der Waals surface area (Å²) in [4.78, 5) is 13.2. The molecule has 1 unspecified atom stereocenters. The Balaban J connectivity index is 1.17. The lowest BCUT2D eigenvalue weighted by Crippen LogP contribution is -2.39. The third-order valence-electron chi connectivity index (χ3n) is 6.29. The molecule has 0 spiro atoms. The minimum absolute atomic E-state index is 0.147. The second-order valence-corrected chi connectivity index (χ2v) is 10.0. The number of hydrogen-bond donors (Lipinski definition) is 1. The highest BCUT2D eigenvalue weighted by molar-refractivity contribution is 7.80. The van der Waals surface area contributed by atoms with E-state index >= 15 is 0 Å². The smallest absolute Gasteiger partial charge is 0.365 e. The monoisotopic (exact) mass is 519 g/mol. The molecule has 0 aliphatic carbocycles. The van der Waals surface area contributed by atoms with E-state index in [2.05, 4.69) is 15.5 Å². The van der Waals surface area contributed by atoms with Gasteiger partial charge >= 0.3 is 6.18 Å². The predicted octanol–water partition coefficient (Wildman–Crippen LogP) is 5.49. The molecule has 2 aliphatic rings. The van der Waals surface area contributed by atoms with Crippen LogP contribution >= 0.6 is 23.6 Å². The Morgan fingerprint density at radius 2 is 1.97 bits per heavy atom. The number of nitrogens with zero attached hydrogens (tertiary/aromatic N) is 4. The molecule has 0 saturated carbocycles. The summed E-state index contributed by atoms with van der Waals surface area (Å²) >= 11 is 7.18. The number of hydrogen-bond acceptors (Lipinski definition) is 6. The van der Waals surface area contributed by atoms with Gasteiger partial charge in [0, 0.05) is 30.1 Å². The van der Waals surface area contributed by atoms with Gasteiger partial charge in [-0.15, -0.1) is 11.3 Å². The van der Waals surface area contributed by atoms with Gasteiger partial charge in [-0.05, 0) is 37.5 Å². The van der Waals surface area contributed by atoms with E-state index < -0.39 is 11.9 Å². The summed E-state index contributed by atoms with van der Waals surface area (Å²) in [6.07, 6.45) is -0.799. The molecule has 6 nitrogen and oxygen atoms in total. The van der Waals surface area contributed by atoms with Crippen molar-refractivity contribution in [3.63, 3.8) is 0 Å². The van der Waals surface area contributed by atoms with Crippen LogP contribution in [0.1, 0.15) is 52.5 Å². The van der Waals surface area contributed by atoms with Crippen LogP contribution in [-0.4, -0.2) is 37.7 Å². The lowest BCUT2D eigenvalue weighted by molar-refractivity contribution is -0.141. The van der Waals surface area contributed by atoms with Crippen LogP contribution < -0.4 is 5.48 Å². The molecule has 35 heavy (non-hydrogen) atoms. The maximum atomic E-state index is 12.9. The minimum Gasteiger partial charge on any atom is -0.365 e. The van der Waals surface area contributed by atoms with Crippen LogP contribution in [0, 0.1) is 6.92 Å². The number of rotatable bonds is 5. The first kappa shape index (κ1) is 24.0. The number of thiocarbonyl (C=S) groups is 1. The zero-order chi connectivity index (χ0) is 24.6. The Kier molecular flexibility index (Phi) is 6.65. The average Bonchev–Trinajstić information content (AvgIpc) is 3.60. The van der Waals surface area contributed by atoms with E-state index in [1.165, 1.54) is 4.68 Å². The van der Waals surface area contributed by atoms with Gasteiger partial charge in [-0.25, -0.2) is 4.98 Å². The van der Waals surface area contributed by atoms with Gasteiger partial charge in [0.2, 0.25) is 0 Å². The van der Waals surface area contributed by atoms with Gasteiger partial charge in [-0.2, -0.15) is 18.3 Å². The average molecular weight is 520 g/mol. The van der Waals surface area contributed by atoms with E-state index in [9.17, 15) is 13.2 Å². The molecule has 0 amide bonds. The molecule has 4 heterocycles. The van der Waals surface area contributed by atoms with Gasteiger partial charge in [-0.3, -0.25) is 15.0 Å². The first-order valence-corrected chi connectivity index (χ1v) is 12.6. The molecule has 5 rings (SSSR count). The summed E-state index contributed by atoms with van der Waals surface area (Å²) < 4.78 is 40.1. The Morgan fingerprint density at radius 3 is 2.66 bits per heavy atom. The molecule has 0 bridgehead atoms. The summed E-state index contributed by atoms with van der Waals surface area (Å²) in [7, 11) is 0. The molecule has 1 atom stereocenters. The highest BCUT2D eigenvalue weighted by Gasteiger charge is 2.34. The first-order chi connectivity index (χ1) is 16.8. The first-order valence-electron chi connectivity index (χ1n) is 11.3. The zero-order valence-corrected chi connectivity index (χ0v) is 20.6. The number of hydroxylamine groups is 1. The minimum atomic E-state index is -4.46. The van der Waals surface area contributed by atoms with E-state index in [-0.39, 0.29) is 12.6 Å². The molecule has 0 radical (unpaired) electrons. The normalized spacial score (nSPS) is 19.0. The van der Waals surface area contributed by atoms with Gasteiger partial charge in [0.15, 0.2) is 5.69 Å². The number of aryl methyl sites for hydroxylation is 1. The number of thiazole rings is 1. The van der Waals surface area contributed by atoms with Crippen LogP contribution in [0.5, 0.6) is 0 Å². The topological polar surface area (TPSA) is 55.2 Å². The Labute approximate surface area is 210 Å². The van der Waals surface area contributed by atoms with Crippen LogP contribution in [-0.2, 0) is 17.6 Å². The number of likely N-dealkylation sites (tertiary alicyclic amines) is 1. The number of benzene rings is 1. The van der Waals surface area contributed by atoms with Gasteiger partial charge in [0.25, 0.3) is 0 Å². The third kappa shape index (κ3) is 5.26. The van der Waals surface area contributed by atoms with E-state index in [1.54, 1.807) is 18.3 Å². The molecular formula is C24H24F3N5OS2. The highest BCUT2D eigenvalue weighted by atomic mass is 32.1. The summed E-state index contributed by atoms with van der Waals surface area (Å²) in [5.74, 6) is 0.323. The van der Waals surface area contributed by atoms with Crippen molar-refractivity contribution < 1.29 is 18.0 Å². The number of piperidine rings is 1. The fraction of sp³-hybridized carbons (Fsp3) is 0.375. The summed E-state index contributed by atoms with van der Waals surface area (Å²) in [6, 6.07) is 11.1. The molecule has 2 aromatic heterocycles. The molecule has 1 N–H and O–H groups in total. The molecule has 2 aliphatic heterocycles. The number of alkyl halides is 3. The summed E-state index contributed by atoms with van der Waals surface area (Å²) in [5.41, 5.74) is 5.37. The van der Waals surface area contributed by atoms with E-state index in [0.717, 1.165) is 54.0 Å². The fourth-order valence-corrected chi connectivity index (χ4v) is 5.60.